The van der Waals surface area contributed by atoms with E-state index in [-0.39, 0.29) is 10.2 Å². The van der Waals surface area contributed by atoms with Gasteiger partial charge in [-0.1, -0.05) is 22.9 Å². The van der Waals surface area contributed by atoms with Crippen molar-refractivity contribution in [2.75, 3.05) is 12.4 Å². The van der Waals surface area contributed by atoms with E-state index in [1.807, 2.05) is 0 Å². The fourth-order valence-corrected chi connectivity index (χ4v) is 2.07. The minimum absolute atomic E-state index is 0.189. The van der Waals surface area contributed by atoms with Gasteiger partial charge in [0.1, 0.15) is 5.00 Å². The van der Waals surface area contributed by atoms with E-state index in [1.165, 1.54) is 10.9 Å². The lowest BCUT2D eigenvalue weighted by Gasteiger charge is -1.98. The molecule has 0 aliphatic carbocycles. The molecule has 0 saturated heterocycles. The van der Waals surface area contributed by atoms with Crippen LogP contribution in [0.25, 0.3) is 5.00 Å². The Bertz CT molecular complexity index is 533. The van der Waals surface area contributed by atoms with Crippen molar-refractivity contribution in [2.24, 2.45) is 0 Å². The van der Waals surface area contributed by atoms with Gasteiger partial charge in [-0.05, 0) is 0 Å². The van der Waals surface area contributed by atoms with Crippen LogP contribution in [0, 0.1) is 0 Å². The van der Waals surface area contributed by atoms with Crippen molar-refractivity contribution >= 4 is 28.6 Å². The predicted molar refractivity (Wildman–Crippen MR) is 58.8 cm³/mol. The first kappa shape index (κ1) is 12.2. The largest absolute Gasteiger partial charge is 0.443 e. The zero-order valence-corrected chi connectivity index (χ0v) is 9.99. The molecule has 2 aromatic heterocycles. The van der Waals surface area contributed by atoms with Gasteiger partial charge in [0, 0.05) is 7.05 Å². The first-order valence-electron chi connectivity index (χ1n) is 4.38. The molecule has 0 spiro atoms. The van der Waals surface area contributed by atoms with Gasteiger partial charge in [-0.25, -0.2) is 9.67 Å². The van der Waals surface area contributed by atoms with Crippen molar-refractivity contribution in [3.63, 3.8) is 0 Å². The highest BCUT2D eigenvalue weighted by molar-refractivity contribution is 7.14. The van der Waals surface area contributed by atoms with E-state index < -0.39 is 11.2 Å². The molecule has 0 aromatic carbocycles. The number of halogens is 4. The quantitative estimate of drug-likeness (QED) is 0.920. The summed E-state index contributed by atoms with van der Waals surface area (Å²) in [5.74, 6) is 0. The van der Waals surface area contributed by atoms with E-state index in [1.54, 1.807) is 7.05 Å². The third kappa shape index (κ3) is 2.37. The van der Waals surface area contributed by atoms with Crippen LogP contribution in [0.15, 0.2) is 12.4 Å². The Morgan fingerprint density at radius 1 is 1.47 bits per heavy atom. The van der Waals surface area contributed by atoms with Crippen LogP contribution in [0.3, 0.4) is 0 Å². The highest BCUT2D eigenvalue weighted by atomic mass is 35.5. The third-order valence-electron chi connectivity index (χ3n) is 1.90. The first-order chi connectivity index (χ1) is 7.91. The number of nitrogens with zero attached hydrogens (tertiary/aromatic N) is 3. The first-order valence-corrected chi connectivity index (χ1v) is 5.57. The zero-order valence-electron chi connectivity index (χ0n) is 8.42. The summed E-state index contributed by atoms with van der Waals surface area (Å²) in [5, 5.41) is 6.17. The van der Waals surface area contributed by atoms with Crippen molar-refractivity contribution in [1.29, 1.82) is 0 Å². The van der Waals surface area contributed by atoms with Crippen LogP contribution in [0.2, 0.25) is 5.15 Å². The van der Waals surface area contributed by atoms with E-state index >= 15 is 0 Å². The molecule has 4 nitrogen and oxygen atoms in total. The number of nitrogens with one attached hydrogen (secondary N) is 1. The SMILES string of the molecule is CNc1cn(-c2cnc(C(F)(F)F)s2)nc1Cl. The van der Waals surface area contributed by atoms with Crippen molar-refractivity contribution in [3.8, 4) is 5.00 Å². The number of anilines is 1. The summed E-state index contributed by atoms with van der Waals surface area (Å²) < 4.78 is 38.3. The molecule has 9 heteroatoms. The van der Waals surface area contributed by atoms with Gasteiger partial charge < -0.3 is 5.32 Å². The van der Waals surface area contributed by atoms with Crippen molar-refractivity contribution in [1.82, 2.24) is 14.8 Å². The third-order valence-corrected chi connectivity index (χ3v) is 3.21. The lowest BCUT2D eigenvalue weighted by atomic mass is 10.6. The summed E-state index contributed by atoms with van der Waals surface area (Å²) in [6, 6.07) is 0. The van der Waals surface area contributed by atoms with Gasteiger partial charge in [0.2, 0.25) is 0 Å². The van der Waals surface area contributed by atoms with Crippen LogP contribution in [-0.4, -0.2) is 21.8 Å². The number of alkyl halides is 3. The highest BCUT2D eigenvalue weighted by Gasteiger charge is 2.34. The van der Waals surface area contributed by atoms with Gasteiger partial charge in [-0.2, -0.15) is 18.3 Å². The Hall–Kier alpha value is -1.28. The molecule has 17 heavy (non-hydrogen) atoms. The molecule has 1 N–H and O–H groups in total. The monoisotopic (exact) mass is 282 g/mol. The molecule has 0 bridgehead atoms. The molecule has 0 fully saturated rings. The Balaban J connectivity index is 2.37. The van der Waals surface area contributed by atoms with Crippen LogP contribution >= 0.6 is 22.9 Å². The van der Waals surface area contributed by atoms with Gasteiger partial charge in [0.25, 0.3) is 0 Å². The standard InChI is InChI=1S/C8H6ClF3N4S/c1-13-4-3-16(15-6(4)9)5-2-14-7(17-5)8(10,11)12/h2-3,13H,1H3. The average Bonchev–Trinajstić information content (AvgIpc) is 2.82. The summed E-state index contributed by atoms with van der Waals surface area (Å²) in [4.78, 5) is 3.30. The molecule has 0 aliphatic heterocycles. The van der Waals surface area contributed by atoms with Gasteiger partial charge in [-0.15, -0.1) is 0 Å². The summed E-state index contributed by atoms with van der Waals surface area (Å²) in [6.45, 7) is 0. The topological polar surface area (TPSA) is 42.7 Å². The van der Waals surface area contributed by atoms with Crippen molar-refractivity contribution in [3.05, 3.63) is 22.6 Å². The number of thiazole rings is 1. The Morgan fingerprint density at radius 3 is 2.65 bits per heavy atom. The molecular weight excluding hydrogens is 277 g/mol. The highest BCUT2D eigenvalue weighted by Crippen LogP contribution is 2.34. The lowest BCUT2D eigenvalue weighted by Crippen LogP contribution is -2.02. The van der Waals surface area contributed by atoms with Gasteiger partial charge >= 0.3 is 6.18 Å². The number of hydrogen-bond donors (Lipinski definition) is 1. The Kier molecular flexibility index (Phi) is 3.00. The summed E-state index contributed by atoms with van der Waals surface area (Å²) >= 11 is 6.26. The molecule has 0 atom stereocenters. The fourth-order valence-electron chi connectivity index (χ4n) is 1.14. The van der Waals surface area contributed by atoms with E-state index in [0.717, 1.165) is 6.20 Å². The molecule has 92 valence electrons. The maximum atomic E-state index is 12.3. The maximum absolute atomic E-state index is 12.3. The van der Waals surface area contributed by atoms with Gasteiger partial charge in [-0.3, -0.25) is 0 Å². The number of rotatable bonds is 2. The van der Waals surface area contributed by atoms with Gasteiger partial charge in [0.05, 0.1) is 18.1 Å². The van der Waals surface area contributed by atoms with E-state index in [9.17, 15) is 13.2 Å². The maximum Gasteiger partial charge on any atom is 0.443 e. The number of aromatic nitrogens is 3. The minimum Gasteiger partial charge on any atom is -0.384 e. The minimum atomic E-state index is -4.44. The number of hydrogen-bond acceptors (Lipinski definition) is 4. The molecule has 0 amide bonds. The smallest absolute Gasteiger partial charge is 0.384 e. The second-order valence-corrected chi connectivity index (χ2v) is 4.40. The molecule has 0 aliphatic rings. The second kappa shape index (κ2) is 4.19. The van der Waals surface area contributed by atoms with E-state index in [2.05, 4.69) is 15.4 Å². The Labute approximate surface area is 103 Å². The van der Waals surface area contributed by atoms with Gasteiger partial charge in [0.15, 0.2) is 10.2 Å². The fraction of sp³-hybridized carbons (Fsp3) is 0.250. The van der Waals surface area contributed by atoms with Crippen LogP contribution in [0.4, 0.5) is 18.9 Å². The van der Waals surface area contributed by atoms with Crippen LogP contribution in [-0.2, 0) is 6.18 Å². The molecule has 2 heterocycles. The molecule has 0 saturated carbocycles. The van der Waals surface area contributed by atoms with Crippen molar-refractivity contribution < 1.29 is 13.2 Å². The van der Waals surface area contributed by atoms with Crippen LogP contribution in [0.1, 0.15) is 5.01 Å². The zero-order chi connectivity index (χ0) is 12.6. The Morgan fingerprint density at radius 2 is 2.18 bits per heavy atom. The summed E-state index contributed by atoms with van der Waals surface area (Å²) in [7, 11) is 1.64. The van der Waals surface area contributed by atoms with Crippen LogP contribution in [0.5, 0.6) is 0 Å². The van der Waals surface area contributed by atoms with Crippen LogP contribution < -0.4 is 5.32 Å². The molecular formula is C8H6ClF3N4S. The second-order valence-electron chi connectivity index (χ2n) is 3.03. The molecule has 0 radical (unpaired) electrons. The van der Waals surface area contributed by atoms with E-state index in [4.69, 9.17) is 11.6 Å². The molecule has 2 aromatic rings. The summed E-state index contributed by atoms with van der Waals surface area (Å²) in [5.41, 5.74) is 0.536. The van der Waals surface area contributed by atoms with Crippen molar-refractivity contribution in [2.45, 2.75) is 6.18 Å². The molecule has 0 unspecified atom stereocenters. The van der Waals surface area contributed by atoms with E-state index in [0.29, 0.717) is 17.0 Å². The lowest BCUT2D eigenvalue weighted by molar-refractivity contribution is -0.137. The predicted octanol–water partition coefficient (Wildman–Crippen LogP) is 3.04. The normalized spacial score (nSPS) is 11.8. The average molecular weight is 283 g/mol. The molecule has 2 rings (SSSR count). The summed E-state index contributed by atoms with van der Waals surface area (Å²) in [6.07, 6.45) is -1.84.